The molecule has 5 nitrogen and oxygen atoms in total. The first-order valence-corrected chi connectivity index (χ1v) is 11.3. The Balaban J connectivity index is 1.74. The predicted octanol–water partition coefficient (Wildman–Crippen LogP) is 4.41. The molecule has 2 aromatic rings. The number of amides is 1. The van der Waals surface area contributed by atoms with Crippen LogP contribution in [0, 0.1) is 19.8 Å². The molecule has 0 aliphatic heterocycles. The summed E-state index contributed by atoms with van der Waals surface area (Å²) in [6.45, 7) is 4.32. The first-order chi connectivity index (χ1) is 13.3. The zero-order chi connectivity index (χ0) is 20.1. The fourth-order valence-electron chi connectivity index (χ4n) is 3.59. The Bertz CT molecular complexity index is 931. The molecule has 1 fully saturated rings. The molecule has 0 saturated heterocycles. The minimum Gasteiger partial charge on any atom is -0.352 e. The lowest BCUT2D eigenvalue weighted by Gasteiger charge is -2.21. The fourth-order valence-corrected chi connectivity index (χ4v) is 4.92. The van der Waals surface area contributed by atoms with Crippen molar-refractivity contribution in [1.29, 1.82) is 0 Å². The van der Waals surface area contributed by atoms with E-state index < -0.39 is 10.0 Å². The standard InChI is InChI=1S/C22H28N2O3S/c1-16-8-12-20(13-9-16)24-28(26,27)21-14-19(11-10-17(21)2)22(25)23-15-18-6-4-3-5-7-18/h8-14,18,24H,3-7,15H2,1-2H3,(H,23,25). The molecule has 1 amide bonds. The van der Waals surface area contributed by atoms with Crippen LogP contribution in [0.25, 0.3) is 0 Å². The molecule has 1 aliphatic rings. The van der Waals surface area contributed by atoms with Crippen LogP contribution in [-0.4, -0.2) is 20.9 Å². The minimum atomic E-state index is -3.78. The highest BCUT2D eigenvalue weighted by atomic mass is 32.2. The number of nitrogens with one attached hydrogen (secondary N) is 2. The van der Waals surface area contributed by atoms with Gasteiger partial charge in [-0.1, -0.05) is 43.0 Å². The Labute approximate surface area is 167 Å². The van der Waals surface area contributed by atoms with E-state index in [4.69, 9.17) is 0 Å². The van der Waals surface area contributed by atoms with Crippen LogP contribution in [0.3, 0.4) is 0 Å². The summed E-state index contributed by atoms with van der Waals surface area (Å²) in [5.74, 6) is 0.298. The number of sulfonamides is 1. The van der Waals surface area contributed by atoms with Gasteiger partial charge in [-0.2, -0.15) is 0 Å². The van der Waals surface area contributed by atoms with Crippen LogP contribution >= 0.6 is 0 Å². The van der Waals surface area contributed by atoms with Gasteiger partial charge in [-0.25, -0.2) is 8.42 Å². The van der Waals surface area contributed by atoms with E-state index in [0.717, 1.165) is 18.4 Å². The van der Waals surface area contributed by atoms with Crippen molar-refractivity contribution >= 4 is 21.6 Å². The van der Waals surface area contributed by atoms with Crippen LogP contribution in [0.2, 0.25) is 0 Å². The average Bonchev–Trinajstić information content (AvgIpc) is 2.69. The minimum absolute atomic E-state index is 0.124. The van der Waals surface area contributed by atoms with E-state index in [1.165, 1.54) is 25.3 Å². The van der Waals surface area contributed by atoms with Crippen molar-refractivity contribution in [2.24, 2.45) is 5.92 Å². The van der Waals surface area contributed by atoms with Gasteiger partial charge >= 0.3 is 0 Å². The summed E-state index contributed by atoms with van der Waals surface area (Å²) in [6, 6.07) is 12.0. The lowest BCUT2D eigenvalue weighted by molar-refractivity contribution is 0.0943. The molecule has 0 aromatic heterocycles. The smallest absolute Gasteiger partial charge is 0.262 e. The number of carbonyl (C=O) groups excluding carboxylic acids is 1. The summed E-state index contributed by atoms with van der Waals surface area (Å²) < 4.78 is 28.3. The largest absolute Gasteiger partial charge is 0.352 e. The Morgan fingerprint density at radius 3 is 2.36 bits per heavy atom. The van der Waals surface area contributed by atoms with Crippen LogP contribution in [-0.2, 0) is 10.0 Å². The van der Waals surface area contributed by atoms with E-state index in [2.05, 4.69) is 10.0 Å². The second-order valence-corrected chi connectivity index (χ2v) is 9.32. The summed E-state index contributed by atoms with van der Waals surface area (Å²) in [5, 5.41) is 2.97. The summed E-state index contributed by atoms with van der Waals surface area (Å²) in [7, 11) is -3.78. The predicted molar refractivity (Wildman–Crippen MR) is 112 cm³/mol. The number of rotatable bonds is 6. The molecule has 0 heterocycles. The molecule has 2 N–H and O–H groups in total. The molecule has 28 heavy (non-hydrogen) atoms. The van der Waals surface area contributed by atoms with Gasteiger partial charge in [-0.05, 0) is 62.4 Å². The highest BCUT2D eigenvalue weighted by molar-refractivity contribution is 7.92. The van der Waals surface area contributed by atoms with Gasteiger partial charge in [0.2, 0.25) is 0 Å². The first-order valence-electron chi connectivity index (χ1n) is 9.83. The van der Waals surface area contributed by atoms with E-state index in [0.29, 0.717) is 29.3 Å². The molecular weight excluding hydrogens is 372 g/mol. The Morgan fingerprint density at radius 2 is 1.68 bits per heavy atom. The van der Waals surface area contributed by atoms with Gasteiger partial charge in [0.1, 0.15) is 0 Å². The number of hydrogen-bond acceptors (Lipinski definition) is 3. The fraction of sp³-hybridized carbons (Fsp3) is 0.409. The van der Waals surface area contributed by atoms with Crippen molar-refractivity contribution in [3.8, 4) is 0 Å². The average molecular weight is 401 g/mol. The van der Waals surface area contributed by atoms with Crippen molar-refractivity contribution < 1.29 is 13.2 Å². The molecule has 0 unspecified atom stereocenters. The quantitative estimate of drug-likeness (QED) is 0.754. The van der Waals surface area contributed by atoms with Gasteiger partial charge < -0.3 is 5.32 Å². The molecular formula is C22H28N2O3S. The van der Waals surface area contributed by atoms with E-state index in [-0.39, 0.29) is 10.8 Å². The lowest BCUT2D eigenvalue weighted by atomic mass is 9.89. The van der Waals surface area contributed by atoms with Gasteiger partial charge in [0.15, 0.2) is 0 Å². The maximum absolute atomic E-state index is 12.8. The monoisotopic (exact) mass is 400 g/mol. The summed E-state index contributed by atoms with van der Waals surface area (Å²) in [6.07, 6.45) is 6.01. The molecule has 0 atom stereocenters. The third-order valence-corrected chi connectivity index (χ3v) is 6.84. The van der Waals surface area contributed by atoms with Gasteiger partial charge in [-0.3, -0.25) is 9.52 Å². The Hall–Kier alpha value is -2.34. The first kappa shape index (κ1) is 20.4. The SMILES string of the molecule is Cc1ccc(NS(=O)(=O)c2cc(C(=O)NCC3CCCCC3)ccc2C)cc1. The molecule has 0 spiro atoms. The summed E-state index contributed by atoms with van der Waals surface area (Å²) in [5.41, 5.74) is 2.52. The van der Waals surface area contributed by atoms with E-state index in [1.807, 2.05) is 19.1 Å². The second kappa shape index (κ2) is 8.78. The number of carbonyl (C=O) groups is 1. The van der Waals surface area contributed by atoms with Crippen LogP contribution in [0.4, 0.5) is 5.69 Å². The number of benzene rings is 2. The van der Waals surface area contributed by atoms with Crippen molar-refractivity contribution in [1.82, 2.24) is 5.32 Å². The van der Waals surface area contributed by atoms with Crippen LogP contribution < -0.4 is 10.0 Å². The van der Waals surface area contributed by atoms with Crippen LogP contribution in [0.15, 0.2) is 47.4 Å². The number of aryl methyl sites for hydroxylation is 2. The molecule has 3 rings (SSSR count). The third kappa shape index (κ3) is 5.13. The molecule has 1 aliphatic carbocycles. The highest BCUT2D eigenvalue weighted by Crippen LogP contribution is 2.24. The molecule has 2 aromatic carbocycles. The Kier molecular flexibility index (Phi) is 6.39. The normalized spacial score (nSPS) is 15.2. The van der Waals surface area contributed by atoms with Gasteiger partial charge in [-0.15, -0.1) is 0 Å². The summed E-state index contributed by atoms with van der Waals surface area (Å²) in [4.78, 5) is 12.7. The maximum atomic E-state index is 12.8. The van der Waals surface area contributed by atoms with E-state index in [9.17, 15) is 13.2 Å². The van der Waals surface area contributed by atoms with Gasteiger partial charge in [0.25, 0.3) is 15.9 Å². The maximum Gasteiger partial charge on any atom is 0.262 e. The van der Waals surface area contributed by atoms with E-state index >= 15 is 0 Å². The molecule has 1 saturated carbocycles. The third-order valence-electron chi connectivity index (χ3n) is 5.32. The van der Waals surface area contributed by atoms with Crippen molar-refractivity contribution in [2.75, 3.05) is 11.3 Å². The number of hydrogen-bond donors (Lipinski definition) is 2. The van der Waals surface area contributed by atoms with E-state index in [1.54, 1.807) is 31.2 Å². The molecule has 150 valence electrons. The number of anilines is 1. The topological polar surface area (TPSA) is 75.3 Å². The van der Waals surface area contributed by atoms with Crippen LogP contribution in [0.5, 0.6) is 0 Å². The second-order valence-electron chi connectivity index (χ2n) is 7.67. The zero-order valence-electron chi connectivity index (χ0n) is 16.5. The van der Waals surface area contributed by atoms with Crippen LogP contribution in [0.1, 0.15) is 53.6 Å². The molecule has 0 bridgehead atoms. The van der Waals surface area contributed by atoms with Gasteiger partial charge in [0, 0.05) is 17.8 Å². The lowest BCUT2D eigenvalue weighted by Crippen LogP contribution is -2.30. The highest BCUT2D eigenvalue weighted by Gasteiger charge is 2.20. The van der Waals surface area contributed by atoms with Crippen molar-refractivity contribution in [3.63, 3.8) is 0 Å². The molecule has 6 heteroatoms. The zero-order valence-corrected chi connectivity index (χ0v) is 17.3. The molecule has 0 radical (unpaired) electrons. The van der Waals surface area contributed by atoms with Gasteiger partial charge in [0.05, 0.1) is 4.90 Å². The van der Waals surface area contributed by atoms with Crippen molar-refractivity contribution in [3.05, 3.63) is 59.2 Å². The Morgan fingerprint density at radius 1 is 1.00 bits per heavy atom. The van der Waals surface area contributed by atoms with Crippen molar-refractivity contribution in [2.45, 2.75) is 50.8 Å². The summed E-state index contributed by atoms with van der Waals surface area (Å²) >= 11 is 0.